The summed E-state index contributed by atoms with van der Waals surface area (Å²) in [5, 5.41) is 4.45. The number of hydrogen-bond donors (Lipinski definition) is 2. The van der Waals surface area contributed by atoms with Crippen molar-refractivity contribution < 1.29 is 22.7 Å². The molecule has 2 N–H and O–H groups in total. The molecule has 3 fully saturated rings. The number of nitrogens with zero attached hydrogens (tertiary/aromatic N) is 3. The molecule has 3 aliphatic heterocycles. The van der Waals surface area contributed by atoms with E-state index < -0.39 is 27.9 Å². The number of aromatic amines is 1. The van der Waals surface area contributed by atoms with Gasteiger partial charge in [-0.25, -0.2) is 13.2 Å². The second-order valence-corrected chi connectivity index (χ2v) is 12.6. The number of likely N-dealkylation sites (tertiary alicyclic amines) is 1. The van der Waals surface area contributed by atoms with Gasteiger partial charge in [-0.2, -0.15) is 4.31 Å². The number of benzene rings is 2. The molecule has 0 aliphatic carbocycles. The van der Waals surface area contributed by atoms with Gasteiger partial charge >= 0.3 is 5.97 Å². The van der Waals surface area contributed by atoms with Gasteiger partial charge in [0.2, 0.25) is 5.91 Å². The molecule has 0 unspecified atom stereocenters. The van der Waals surface area contributed by atoms with E-state index in [1.165, 1.54) is 35.9 Å². The molecule has 40 heavy (non-hydrogen) atoms. The zero-order chi connectivity index (χ0) is 28.0. The highest BCUT2D eigenvalue weighted by Crippen LogP contribution is 2.31. The zero-order valence-corrected chi connectivity index (χ0v) is 23.6. The number of carbonyl (C=O) groups is 2. The highest BCUT2D eigenvalue weighted by Gasteiger charge is 2.43. The number of ether oxygens (including phenoxy) is 1. The van der Waals surface area contributed by atoms with Crippen molar-refractivity contribution in [2.24, 2.45) is 0 Å². The molecule has 2 aromatic carbocycles. The molecule has 3 aliphatic rings. The normalized spacial score (nSPS) is 21.1. The van der Waals surface area contributed by atoms with Crippen LogP contribution in [-0.4, -0.2) is 85.3 Å². The van der Waals surface area contributed by atoms with Crippen LogP contribution >= 0.6 is 11.6 Å². The summed E-state index contributed by atoms with van der Waals surface area (Å²) in [7, 11) is -2.87. The molecule has 1 aromatic heterocycles. The Balaban J connectivity index is 1.23. The van der Waals surface area contributed by atoms with Crippen LogP contribution in [0, 0.1) is 0 Å². The molecule has 0 saturated carbocycles. The van der Waals surface area contributed by atoms with Gasteiger partial charge in [-0.05, 0) is 41.8 Å². The average molecular weight is 584 g/mol. The van der Waals surface area contributed by atoms with Gasteiger partial charge in [0.25, 0.3) is 10.0 Å². The number of carbonyl (C=O) groups excluding carboxylic acids is 2. The predicted molar refractivity (Wildman–Crippen MR) is 151 cm³/mol. The topological polar surface area (TPSA) is 115 Å². The number of piperazine rings is 1. The summed E-state index contributed by atoms with van der Waals surface area (Å²) in [4.78, 5) is 32.8. The van der Waals surface area contributed by atoms with Gasteiger partial charge in [-0.1, -0.05) is 35.9 Å². The highest BCUT2D eigenvalue weighted by molar-refractivity contribution is 7.89. The summed E-state index contributed by atoms with van der Waals surface area (Å²) in [6.45, 7) is 2.62. The number of fused-ring (bicyclic) bond motifs is 1. The molecule has 0 radical (unpaired) electrons. The SMILES string of the molecule is COC(=O)[C@H]1CN(S(=O)(=O)c2cc3cc(Cl)ccc3[nH]2)CC(=O)N1Cc1ccc(C(=C2CCN2)N2CCC2)cc1. The van der Waals surface area contributed by atoms with Crippen LogP contribution in [0.15, 0.2) is 59.3 Å². The van der Waals surface area contributed by atoms with Crippen molar-refractivity contribution in [2.75, 3.05) is 39.8 Å². The minimum atomic E-state index is -4.10. The number of nitrogens with one attached hydrogen (secondary N) is 2. The predicted octanol–water partition coefficient (Wildman–Crippen LogP) is 2.76. The first-order chi connectivity index (χ1) is 19.2. The number of sulfonamides is 1. The Morgan fingerprint density at radius 1 is 1.12 bits per heavy atom. The van der Waals surface area contributed by atoms with Crippen molar-refractivity contribution in [3.8, 4) is 0 Å². The maximum Gasteiger partial charge on any atom is 0.329 e. The number of H-pyrrole nitrogens is 1. The Bertz CT molecular complexity index is 1610. The first-order valence-electron chi connectivity index (χ1n) is 13.2. The van der Waals surface area contributed by atoms with Crippen molar-refractivity contribution in [3.05, 3.63) is 70.4 Å². The minimum Gasteiger partial charge on any atom is -0.467 e. The number of halogens is 1. The van der Waals surface area contributed by atoms with Gasteiger partial charge in [0.1, 0.15) is 11.1 Å². The maximum absolute atomic E-state index is 13.5. The Labute approximate surface area is 237 Å². The fourth-order valence-corrected chi connectivity index (χ4v) is 6.94. The smallest absolute Gasteiger partial charge is 0.329 e. The lowest BCUT2D eigenvalue weighted by Crippen LogP contribution is -2.60. The summed E-state index contributed by atoms with van der Waals surface area (Å²) < 4.78 is 33.0. The van der Waals surface area contributed by atoms with Gasteiger partial charge in [-0.3, -0.25) is 4.79 Å². The summed E-state index contributed by atoms with van der Waals surface area (Å²) in [6, 6.07) is 13.4. The second kappa shape index (κ2) is 10.5. The largest absolute Gasteiger partial charge is 0.467 e. The highest BCUT2D eigenvalue weighted by atomic mass is 35.5. The average Bonchev–Trinajstić information content (AvgIpc) is 3.31. The fourth-order valence-electron chi connectivity index (χ4n) is 5.35. The summed E-state index contributed by atoms with van der Waals surface area (Å²) in [6.07, 6.45) is 2.21. The molecular weight excluding hydrogens is 554 g/mol. The molecule has 4 heterocycles. The van der Waals surface area contributed by atoms with Gasteiger partial charge in [0.15, 0.2) is 0 Å². The van der Waals surface area contributed by atoms with Crippen LogP contribution in [0.2, 0.25) is 5.02 Å². The lowest BCUT2D eigenvalue weighted by molar-refractivity contribution is -0.157. The van der Waals surface area contributed by atoms with Crippen LogP contribution in [0.1, 0.15) is 24.0 Å². The van der Waals surface area contributed by atoms with Crippen LogP contribution in [0.4, 0.5) is 0 Å². The Morgan fingerprint density at radius 3 is 2.50 bits per heavy atom. The molecule has 3 saturated heterocycles. The first-order valence-corrected chi connectivity index (χ1v) is 15.0. The van der Waals surface area contributed by atoms with E-state index in [0.717, 1.165) is 41.5 Å². The van der Waals surface area contributed by atoms with Crippen LogP contribution in [0.5, 0.6) is 0 Å². The van der Waals surface area contributed by atoms with Gasteiger partial charge in [0.05, 0.1) is 19.4 Å². The first kappa shape index (κ1) is 26.7. The third-order valence-electron chi connectivity index (χ3n) is 7.79. The number of amides is 1. The lowest BCUT2D eigenvalue weighted by Gasteiger charge is -2.39. The van der Waals surface area contributed by atoms with Crippen molar-refractivity contribution in [1.82, 2.24) is 24.4 Å². The summed E-state index contributed by atoms with van der Waals surface area (Å²) in [5.41, 5.74) is 5.03. The van der Waals surface area contributed by atoms with Gasteiger partial charge in [-0.15, -0.1) is 0 Å². The van der Waals surface area contributed by atoms with Crippen molar-refractivity contribution in [2.45, 2.75) is 30.5 Å². The van der Waals surface area contributed by atoms with Crippen LogP contribution in [-0.2, 0) is 30.9 Å². The number of esters is 1. The van der Waals surface area contributed by atoms with E-state index in [1.54, 1.807) is 18.2 Å². The molecule has 12 heteroatoms. The van der Waals surface area contributed by atoms with Gasteiger partial charge in [0, 0.05) is 60.8 Å². The second-order valence-electron chi connectivity index (χ2n) is 10.3. The van der Waals surface area contributed by atoms with Crippen molar-refractivity contribution in [3.63, 3.8) is 0 Å². The standard InChI is InChI=1S/C28H30ClN5O5S/c1-39-28(36)24-16-33(40(37,38)25-14-20-13-21(29)7-8-22(20)31-25)17-26(35)34(24)15-18-3-5-19(6-4-18)27(23-9-10-30-23)32-11-2-12-32/h3-8,13-14,24,30-31H,2,9-12,15-17H2,1H3/t24-/m1/s1. The molecular formula is C28H30ClN5O5S. The molecule has 0 bridgehead atoms. The minimum absolute atomic E-state index is 0.0710. The number of hydrogen-bond acceptors (Lipinski definition) is 7. The summed E-state index contributed by atoms with van der Waals surface area (Å²) in [5.74, 6) is -1.15. The van der Waals surface area contributed by atoms with Crippen molar-refractivity contribution >= 4 is 50.1 Å². The monoisotopic (exact) mass is 583 g/mol. The van der Waals surface area contributed by atoms with E-state index in [-0.39, 0.29) is 24.7 Å². The molecule has 6 rings (SSSR count). The molecule has 0 spiro atoms. The van der Waals surface area contributed by atoms with E-state index in [1.807, 2.05) is 24.3 Å². The van der Waals surface area contributed by atoms with E-state index >= 15 is 0 Å². The molecule has 210 valence electrons. The van der Waals surface area contributed by atoms with E-state index in [4.69, 9.17) is 16.3 Å². The van der Waals surface area contributed by atoms with Crippen LogP contribution in [0.25, 0.3) is 16.6 Å². The maximum atomic E-state index is 13.5. The Morgan fingerprint density at radius 2 is 1.88 bits per heavy atom. The van der Waals surface area contributed by atoms with Crippen LogP contribution in [0.3, 0.4) is 0 Å². The van der Waals surface area contributed by atoms with Gasteiger partial charge < -0.3 is 24.8 Å². The fraction of sp³-hybridized carbons (Fsp3) is 0.357. The van der Waals surface area contributed by atoms with Crippen LogP contribution < -0.4 is 5.32 Å². The Hall–Kier alpha value is -3.54. The van der Waals surface area contributed by atoms with E-state index in [2.05, 4.69) is 15.2 Å². The van der Waals surface area contributed by atoms with E-state index in [0.29, 0.717) is 15.9 Å². The molecule has 1 atom stereocenters. The van der Waals surface area contributed by atoms with Crippen molar-refractivity contribution in [1.29, 1.82) is 0 Å². The zero-order valence-electron chi connectivity index (χ0n) is 22.0. The van der Waals surface area contributed by atoms with E-state index in [9.17, 15) is 18.0 Å². The Kier molecular flexibility index (Phi) is 6.97. The number of methoxy groups -OCH3 is 1. The molecule has 3 aromatic rings. The quantitative estimate of drug-likeness (QED) is 0.411. The summed E-state index contributed by atoms with van der Waals surface area (Å²) >= 11 is 6.05. The third kappa shape index (κ3) is 4.82. The number of rotatable bonds is 7. The third-order valence-corrected chi connectivity index (χ3v) is 9.75. The molecule has 1 amide bonds. The molecule has 10 nitrogen and oxygen atoms in total. The lowest BCUT2D eigenvalue weighted by atomic mass is 9.99. The number of aromatic nitrogens is 1.